The summed E-state index contributed by atoms with van der Waals surface area (Å²) in [5.41, 5.74) is 1.02. The summed E-state index contributed by atoms with van der Waals surface area (Å²) in [7, 11) is 0. The van der Waals surface area contributed by atoms with Crippen molar-refractivity contribution in [3.8, 4) is 6.07 Å². The van der Waals surface area contributed by atoms with E-state index in [4.69, 9.17) is 5.26 Å². The summed E-state index contributed by atoms with van der Waals surface area (Å²) in [5.74, 6) is 0. The topological polar surface area (TPSA) is 23.8 Å². The van der Waals surface area contributed by atoms with Crippen LogP contribution in [0.2, 0.25) is 0 Å². The first kappa shape index (κ1) is 6.30. The molecular weight excluding hydrogens is 142 g/mol. The van der Waals surface area contributed by atoms with E-state index in [9.17, 15) is 0 Å². The molecule has 0 radical (unpaired) electrons. The molecule has 2 aliphatic heterocycles. The van der Waals surface area contributed by atoms with Crippen molar-refractivity contribution < 1.29 is 0 Å². The van der Waals surface area contributed by atoms with Gasteiger partial charge in [0.25, 0.3) is 0 Å². The number of fused-ring (bicyclic) bond motifs is 2. The summed E-state index contributed by atoms with van der Waals surface area (Å²) in [6, 6.07) is 2.25. The molecule has 10 heavy (non-hydrogen) atoms. The lowest BCUT2D eigenvalue weighted by Gasteiger charge is -2.13. The molecule has 1 fully saturated rings. The van der Waals surface area contributed by atoms with E-state index in [0.29, 0.717) is 5.25 Å². The predicted octanol–water partition coefficient (Wildman–Crippen LogP) is 2.10. The monoisotopic (exact) mass is 151 g/mol. The summed E-state index contributed by atoms with van der Waals surface area (Å²) in [6.07, 6.45) is 5.78. The maximum absolute atomic E-state index is 8.63. The Morgan fingerprint density at radius 2 is 2.50 bits per heavy atom. The first-order valence-electron chi connectivity index (χ1n) is 3.65. The molecule has 2 bridgehead atoms. The van der Waals surface area contributed by atoms with Gasteiger partial charge in [0.1, 0.15) is 0 Å². The minimum atomic E-state index is 0.674. The Balaban J connectivity index is 2.21. The average molecular weight is 151 g/mol. The van der Waals surface area contributed by atoms with Crippen LogP contribution < -0.4 is 0 Å². The molecule has 2 aliphatic rings. The molecule has 0 aromatic carbocycles. The molecule has 2 heteroatoms. The third-order valence-electron chi connectivity index (χ3n) is 2.12. The van der Waals surface area contributed by atoms with Gasteiger partial charge in [-0.3, -0.25) is 0 Å². The first-order chi connectivity index (χ1) is 4.88. The largest absolute Gasteiger partial charge is 0.193 e. The van der Waals surface area contributed by atoms with Gasteiger partial charge in [0.2, 0.25) is 0 Å². The molecule has 0 aromatic heterocycles. The van der Waals surface area contributed by atoms with Crippen molar-refractivity contribution in [2.45, 2.75) is 29.8 Å². The van der Waals surface area contributed by atoms with Gasteiger partial charge in [-0.15, -0.1) is 0 Å². The lowest BCUT2D eigenvalue weighted by molar-refractivity contribution is 0.781. The van der Waals surface area contributed by atoms with Crippen molar-refractivity contribution in [1.29, 1.82) is 5.26 Å². The lowest BCUT2D eigenvalue weighted by Crippen LogP contribution is -2.04. The maximum Gasteiger partial charge on any atom is 0.0944 e. The highest BCUT2D eigenvalue weighted by Gasteiger charge is 2.28. The number of thioether (sulfide) groups is 1. The van der Waals surface area contributed by atoms with Crippen LogP contribution in [0.1, 0.15) is 19.3 Å². The maximum atomic E-state index is 8.63. The third-order valence-corrected chi connectivity index (χ3v) is 3.63. The van der Waals surface area contributed by atoms with Crippen molar-refractivity contribution in [3.63, 3.8) is 0 Å². The number of nitrogens with zero attached hydrogens (tertiary/aromatic N) is 1. The Morgan fingerprint density at radius 1 is 1.60 bits per heavy atom. The van der Waals surface area contributed by atoms with Crippen LogP contribution in [-0.4, -0.2) is 10.5 Å². The van der Waals surface area contributed by atoms with Gasteiger partial charge in [-0.2, -0.15) is 17.0 Å². The summed E-state index contributed by atoms with van der Waals surface area (Å²) < 4.78 is 0. The van der Waals surface area contributed by atoms with E-state index < -0.39 is 0 Å². The summed E-state index contributed by atoms with van der Waals surface area (Å²) in [6.45, 7) is 0. The Labute approximate surface area is 65.1 Å². The summed E-state index contributed by atoms with van der Waals surface area (Å²) >= 11 is 2.04. The van der Waals surface area contributed by atoms with Gasteiger partial charge in [0.15, 0.2) is 0 Å². The number of allylic oxidation sites excluding steroid dienone is 1. The molecule has 0 aliphatic carbocycles. The fraction of sp³-hybridized carbons (Fsp3) is 0.625. The standard InChI is InChI=1S/C8H9NS/c9-5-6-3-7-1-2-8(4-6)10-7/h3,7-8H,1-2,4H2. The van der Waals surface area contributed by atoms with Crippen molar-refractivity contribution >= 4 is 11.8 Å². The number of hydrogen-bond acceptors (Lipinski definition) is 2. The average Bonchev–Trinajstić information content (AvgIpc) is 2.30. The molecule has 1 saturated heterocycles. The van der Waals surface area contributed by atoms with E-state index in [1.807, 2.05) is 11.8 Å². The van der Waals surface area contributed by atoms with Crippen molar-refractivity contribution in [2.75, 3.05) is 0 Å². The first-order valence-corrected chi connectivity index (χ1v) is 4.59. The lowest BCUT2D eigenvalue weighted by atomic mass is 10.1. The zero-order chi connectivity index (χ0) is 6.97. The molecule has 52 valence electrons. The van der Waals surface area contributed by atoms with Gasteiger partial charge < -0.3 is 0 Å². The van der Waals surface area contributed by atoms with E-state index in [1.165, 1.54) is 12.8 Å². The molecular formula is C8H9NS. The molecule has 2 atom stereocenters. The van der Waals surface area contributed by atoms with Crippen molar-refractivity contribution in [2.24, 2.45) is 0 Å². The highest BCUT2D eigenvalue weighted by atomic mass is 32.2. The fourth-order valence-corrected chi connectivity index (χ4v) is 3.18. The second kappa shape index (κ2) is 2.32. The van der Waals surface area contributed by atoms with Gasteiger partial charge in [-0.25, -0.2) is 0 Å². The molecule has 1 nitrogen and oxygen atoms in total. The van der Waals surface area contributed by atoms with Crippen LogP contribution in [0, 0.1) is 11.3 Å². The molecule has 2 rings (SSSR count). The zero-order valence-corrected chi connectivity index (χ0v) is 6.53. The minimum Gasteiger partial charge on any atom is -0.193 e. The highest BCUT2D eigenvalue weighted by Crippen LogP contribution is 2.42. The van der Waals surface area contributed by atoms with Crippen LogP contribution in [-0.2, 0) is 0 Å². The van der Waals surface area contributed by atoms with Gasteiger partial charge in [-0.05, 0) is 19.3 Å². The van der Waals surface area contributed by atoms with Crippen LogP contribution in [0.15, 0.2) is 11.6 Å². The summed E-state index contributed by atoms with van der Waals surface area (Å²) in [5, 5.41) is 10.1. The Hall–Kier alpha value is -0.420. The Morgan fingerprint density at radius 3 is 3.20 bits per heavy atom. The van der Waals surface area contributed by atoms with Crippen LogP contribution in [0.5, 0.6) is 0 Å². The molecule has 0 amide bonds. The highest BCUT2D eigenvalue weighted by molar-refractivity contribution is 8.01. The fourth-order valence-electron chi connectivity index (χ4n) is 1.63. The molecule has 2 heterocycles. The molecule has 0 spiro atoms. The smallest absolute Gasteiger partial charge is 0.0944 e. The second-order valence-electron chi connectivity index (χ2n) is 2.88. The Bertz CT molecular complexity index is 214. The van der Waals surface area contributed by atoms with Gasteiger partial charge >= 0.3 is 0 Å². The van der Waals surface area contributed by atoms with Crippen molar-refractivity contribution in [3.05, 3.63) is 11.6 Å². The normalized spacial score (nSPS) is 36.9. The molecule has 0 aromatic rings. The summed E-state index contributed by atoms with van der Waals surface area (Å²) in [4.78, 5) is 0. The number of nitriles is 1. The van der Waals surface area contributed by atoms with Gasteiger partial charge in [0.05, 0.1) is 6.07 Å². The van der Waals surface area contributed by atoms with Crippen LogP contribution in [0.3, 0.4) is 0 Å². The SMILES string of the molecule is N#CC1=CC2CCC(C1)S2. The third kappa shape index (κ3) is 0.951. The van der Waals surface area contributed by atoms with E-state index in [2.05, 4.69) is 12.1 Å². The molecule has 0 N–H and O–H groups in total. The second-order valence-corrected chi connectivity index (χ2v) is 4.43. The number of hydrogen-bond donors (Lipinski definition) is 0. The van der Waals surface area contributed by atoms with Gasteiger partial charge in [0, 0.05) is 16.1 Å². The van der Waals surface area contributed by atoms with Crippen molar-refractivity contribution in [1.82, 2.24) is 0 Å². The van der Waals surface area contributed by atoms with E-state index in [-0.39, 0.29) is 0 Å². The minimum absolute atomic E-state index is 0.674. The van der Waals surface area contributed by atoms with E-state index >= 15 is 0 Å². The van der Waals surface area contributed by atoms with E-state index in [1.54, 1.807) is 0 Å². The van der Waals surface area contributed by atoms with E-state index in [0.717, 1.165) is 17.2 Å². The van der Waals surface area contributed by atoms with Gasteiger partial charge in [-0.1, -0.05) is 6.08 Å². The molecule has 2 unspecified atom stereocenters. The molecule has 0 saturated carbocycles. The van der Waals surface area contributed by atoms with Crippen LogP contribution >= 0.6 is 11.8 Å². The zero-order valence-electron chi connectivity index (χ0n) is 5.71. The Kier molecular flexibility index (Phi) is 1.46. The van der Waals surface area contributed by atoms with Crippen LogP contribution in [0.4, 0.5) is 0 Å². The quantitative estimate of drug-likeness (QED) is 0.529. The predicted molar refractivity (Wildman–Crippen MR) is 42.7 cm³/mol. The number of rotatable bonds is 0. The van der Waals surface area contributed by atoms with Crippen LogP contribution in [0.25, 0.3) is 0 Å².